The number of nitriles is 1. The second kappa shape index (κ2) is 5.92. The highest BCUT2D eigenvalue weighted by molar-refractivity contribution is 5.48. The van der Waals surface area contributed by atoms with Gasteiger partial charge in [-0.3, -0.25) is 0 Å². The van der Waals surface area contributed by atoms with Crippen molar-refractivity contribution in [3.8, 4) is 11.8 Å². The lowest BCUT2D eigenvalue weighted by atomic mass is 10.3. The molecule has 1 unspecified atom stereocenters. The van der Waals surface area contributed by atoms with Gasteiger partial charge < -0.3 is 10.1 Å². The molecule has 3 nitrogen and oxygen atoms in total. The van der Waals surface area contributed by atoms with E-state index < -0.39 is 0 Å². The van der Waals surface area contributed by atoms with E-state index in [9.17, 15) is 0 Å². The van der Waals surface area contributed by atoms with Gasteiger partial charge in [0.25, 0.3) is 0 Å². The average molecular weight is 204 g/mol. The monoisotopic (exact) mass is 204 g/mol. The molecule has 0 spiro atoms. The van der Waals surface area contributed by atoms with Crippen molar-refractivity contribution in [1.29, 1.82) is 5.26 Å². The first kappa shape index (κ1) is 11.4. The molecule has 80 valence electrons. The molecule has 0 heterocycles. The van der Waals surface area contributed by atoms with Gasteiger partial charge in [-0.1, -0.05) is 13.0 Å². The molecular weight excluding hydrogens is 188 g/mol. The van der Waals surface area contributed by atoms with Crippen molar-refractivity contribution in [2.75, 3.05) is 11.9 Å². The Morgan fingerprint density at radius 1 is 1.53 bits per heavy atom. The fraction of sp³-hybridized carbons (Fsp3) is 0.417. The molecule has 1 atom stereocenters. The number of hydrogen-bond donors (Lipinski definition) is 1. The summed E-state index contributed by atoms with van der Waals surface area (Å²) in [5, 5.41) is 11.4. The zero-order valence-electron chi connectivity index (χ0n) is 9.16. The van der Waals surface area contributed by atoms with E-state index in [4.69, 9.17) is 10.00 Å². The standard InChI is InChI=1S/C12H16N2O/c1-3-10(2)15-12-6-4-5-11(9-12)14-8-7-13/h4-6,9-10,14H,3,8H2,1-2H3. The second-order valence-electron chi connectivity index (χ2n) is 3.38. The molecule has 0 saturated heterocycles. The Kier molecular flexibility index (Phi) is 4.49. The quantitative estimate of drug-likeness (QED) is 0.750. The van der Waals surface area contributed by atoms with E-state index in [0.717, 1.165) is 17.9 Å². The Morgan fingerprint density at radius 3 is 3.00 bits per heavy atom. The van der Waals surface area contributed by atoms with Crippen LogP contribution in [-0.2, 0) is 0 Å². The summed E-state index contributed by atoms with van der Waals surface area (Å²) in [6.07, 6.45) is 1.20. The van der Waals surface area contributed by atoms with Gasteiger partial charge >= 0.3 is 0 Å². The molecule has 15 heavy (non-hydrogen) atoms. The van der Waals surface area contributed by atoms with Crippen LogP contribution in [0.3, 0.4) is 0 Å². The third-order valence-electron chi connectivity index (χ3n) is 2.12. The van der Waals surface area contributed by atoms with Crippen molar-refractivity contribution in [2.45, 2.75) is 26.4 Å². The first-order valence-corrected chi connectivity index (χ1v) is 5.13. The van der Waals surface area contributed by atoms with Crippen LogP contribution in [0.15, 0.2) is 24.3 Å². The minimum Gasteiger partial charge on any atom is -0.491 e. The molecule has 1 N–H and O–H groups in total. The molecule has 1 rings (SSSR count). The van der Waals surface area contributed by atoms with E-state index in [-0.39, 0.29) is 6.10 Å². The van der Waals surface area contributed by atoms with E-state index in [2.05, 4.69) is 12.2 Å². The number of nitrogens with one attached hydrogen (secondary N) is 1. The lowest BCUT2D eigenvalue weighted by Gasteiger charge is -2.13. The van der Waals surface area contributed by atoms with Crippen LogP contribution in [0.2, 0.25) is 0 Å². The number of ether oxygens (including phenoxy) is 1. The summed E-state index contributed by atoms with van der Waals surface area (Å²) in [4.78, 5) is 0. The average Bonchev–Trinajstić information content (AvgIpc) is 2.26. The normalized spacial score (nSPS) is 11.5. The van der Waals surface area contributed by atoms with Gasteiger partial charge in [-0.2, -0.15) is 5.26 Å². The van der Waals surface area contributed by atoms with Crippen molar-refractivity contribution in [3.63, 3.8) is 0 Å². The molecule has 0 aliphatic rings. The molecule has 0 bridgehead atoms. The van der Waals surface area contributed by atoms with Crippen molar-refractivity contribution < 1.29 is 4.74 Å². The van der Waals surface area contributed by atoms with Crippen LogP contribution in [0.1, 0.15) is 20.3 Å². The summed E-state index contributed by atoms with van der Waals surface area (Å²) in [5.41, 5.74) is 0.914. The summed E-state index contributed by atoms with van der Waals surface area (Å²) in [7, 11) is 0. The van der Waals surface area contributed by atoms with Crippen molar-refractivity contribution in [2.24, 2.45) is 0 Å². The third-order valence-corrected chi connectivity index (χ3v) is 2.12. The van der Waals surface area contributed by atoms with E-state index in [1.807, 2.05) is 37.3 Å². The molecular formula is C12H16N2O. The van der Waals surface area contributed by atoms with Gasteiger partial charge in [-0.25, -0.2) is 0 Å². The Morgan fingerprint density at radius 2 is 2.33 bits per heavy atom. The molecule has 3 heteroatoms. The Balaban J connectivity index is 2.62. The first-order valence-electron chi connectivity index (χ1n) is 5.13. The number of hydrogen-bond acceptors (Lipinski definition) is 3. The van der Waals surface area contributed by atoms with Crippen molar-refractivity contribution in [3.05, 3.63) is 24.3 Å². The lowest BCUT2D eigenvalue weighted by Crippen LogP contribution is -2.09. The zero-order chi connectivity index (χ0) is 11.1. The van der Waals surface area contributed by atoms with Gasteiger partial charge in [0.15, 0.2) is 0 Å². The van der Waals surface area contributed by atoms with Crippen LogP contribution in [-0.4, -0.2) is 12.6 Å². The highest BCUT2D eigenvalue weighted by atomic mass is 16.5. The summed E-state index contributed by atoms with van der Waals surface area (Å²) in [6, 6.07) is 9.69. The molecule has 0 saturated carbocycles. The Hall–Kier alpha value is -1.69. The highest BCUT2D eigenvalue weighted by Gasteiger charge is 2.01. The first-order chi connectivity index (χ1) is 7.26. The second-order valence-corrected chi connectivity index (χ2v) is 3.38. The van der Waals surface area contributed by atoms with Crippen molar-refractivity contribution in [1.82, 2.24) is 0 Å². The maximum Gasteiger partial charge on any atom is 0.121 e. The molecule has 0 fully saturated rings. The Bertz CT molecular complexity index is 344. The van der Waals surface area contributed by atoms with Crippen LogP contribution >= 0.6 is 0 Å². The zero-order valence-corrected chi connectivity index (χ0v) is 9.16. The van der Waals surface area contributed by atoms with Gasteiger partial charge in [0.1, 0.15) is 12.3 Å². The topological polar surface area (TPSA) is 45.0 Å². The van der Waals surface area contributed by atoms with E-state index in [0.29, 0.717) is 6.54 Å². The molecule has 0 aromatic heterocycles. The number of nitrogens with zero attached hydrogens (tertiary/aromatic N) is 1. The molecule has 0 aliphatic heterocycles. The summed E-state index contributed by atoms with van der Waals surface area (Å²) in [5.74, 6) is 0.840. The van der Waals surface area contributed by atoms with Crippen LogP contribution in [0.4, 0.5) is 5.69 Å². The van der Waals surface area contributed by atoms with Gasteiger partial charge in [-0.15, -0.1) is 0 Å². The smallest absolute Gasteiger partial charge is 0.121 e. The molecule has 1 aromatic rings. The maximum absolute atomic E-state index is 8.44. The number of anilines is 1. The Labute approximate surface area is 90.7 Å². The summed E-state index contributed by atoms with van der Waals surface area (Å²) >= 11 is 0. The summed E-state index contributed by atoms with van der Waals surface area (Å²) in [6.45, 7) is 4.44. The lowest BCUT2D eigenvalue weighted by molar-refractivity contribution is 0.217. The van der Waals surface area contributed by atoms with E-state index in [1.54, 1.807) is 0 Å². The van der Waals surface area contributed by atoms with Crippen LogP contribution in [0.25, 0.3) is 0 Å². The van der Waals surface area contributed by atoms with Crippen LogP contribution in [0, 0.1) is 11.3 Å². The molecule has 0 radical (unpaired) electrons. The molecule has 0 aliphatic carbocycles. The van der Waals surface area contributed by atoms with Crippen LogP contribution in [0.5, 0.6) is 5.75 Å². The largest absolute Gasteiger partial charge is 0.491 e. The van der Waals surface area contributed by atoms with Gasteiger partial charge in [0, 0.05) is 11.8 Å². The van der Waals surface area contributed by atoms with E-state index in [1.165, 1.54) is 0 Å². The molecule has 0 amide bonds. The minimum absolute atomic E-state index is 0.219. The molecule has 1 aromatic carbocycles. The van der Waals surface area contributed by atoms with Crippen molar-refractivity contribution >= 4 is 5.69 Å². The SMILES string of the molecule is CCC(C)Oc1cccc(NCC#N)c1. The highest BCUT2D eigenvalue weighted by Crippen LogP contribution is 2.18. The van der Waals surface area contributed by atoms with Gasteiger partial charge in [0.2, 0.25) is 0 Å². The summed E-state index contributed by atoms with van der Waals surface area (Å²) < 4.78 is 5.66. The minimum atomic E-state index is 0.219. The van der Waals surface area contributed by atoms with Crippen LogP contribution < -0.4 is 10.1 Å². The number of benzene rings is 1. The van der Waals surface area contributed by atoms with E-state index >= 15 is 0 Å². The van der Waals surface area contributed by atoms with Gasteiger partial charge in [-0.05, 0) is 25.5 Å². The maximum atomic E-state index is 8.44. The fourth-order valence-electron chi connectivity index (χ4n) is 1.14. The third kappa shape index (κ3) is 3.90. The predicted octanol–water partition coefficient (Wildman–Crippen LogP) is 2.80. The van der Waals surface area contributed by atoms with Gasteiger partial charge in [0.05, 0.1) is 12.2 Å². The fourth-order valence-corrected chi connectivity index (χ4v) is 1.14. The number of rotatable bonds is 5. The predicted molar refractivity (Wildman–Crippen MR) is 60.9 cm³/mol.